The maximum absolute atomic E-state index is 13.8. The summed E-state index contributed by atoms with van der Waals surface area (Å²) < 4.78 is 19.6. The Bertz CT molecular complexity index is 1430. The van der Waals surface area contributed by atoms with Gasteiger partial charge in [-0.3, -0.25) is 4.90 Å². The molecule has 0 spiro atoms. The van der Waals surface area contributed by atoms with Crippen molar-refractivity contribution < 1.29 is 8.91 Å². The van der Waals surface area contributed by atoms with Gasteiger partial charge < -0.3 is 9.84 Å². The van der Waals surface area contributed by atoms with Crippen molar-refractivity contribution >= 4 is 28.6 Å². The predicted molar refractivity (Wildman–Crippen MR) is 140 cm³/mol. The van der Waals surface area contributed by atoms with Gasteiger partial charge in [-0.2, -0.15) is 4.98 Å². The van der Waals surface area contributed by atoms with Gasteiger partial charge in [0.15, 0.2) is 5.11 Å². The topological polar surface area (TPSA) is 54.2 Å². The van der Waals surface area contributed by atoms with Crippen molar-refractivity contribution in [2.45, 2.75) is 33.2 Å². The van der Waals surface area contributed by atoms with Crippen molar-refractivity contribution in [2.75, 3.05) is 4.90 Å². The lowest BCUT2D eigenvalue weighted by molar-refractivity contribution is 0.404. The second-order valence-corrected chi connectivity index (χ2v) is 8.97. The average Bonchev–Trinajstić information content (AvgIpc) is 3.34. The molecule has 0 amide bonds. The van der Waals surface area contributed by atoms with Gasteiger partial charge in [-0.05, 0) is 67.9 Å². The molecule has 0 radical (unpaired) electrons. The first-order valence-electron chi connectivity index (χ1n) is 11.5. The number of anilines is 1. The molecule has 1 N–H and O–H groups in total. The Hall–Kier alpha value is -3.84. The Morgan fingerprint density at radius 2 is 1.80 bits per heavy atom. The Labute approximate surface area is 209 Å². The van der Waals surface area contributed by atoms with Crippen LogP contribution in [0.25, 0.3) is 17.0 Å². The molecular weight excluding hydrogens is 459 g/mol. The van der Waals surface area contributed by atoms with Gasteiger partial charge in [0, 0.05) is 16.9 Å². The summed E-state index contributed by atoms with van der Waals surface area (Å²) in [7, 11) is 0. The lowest BCUT2D eigenvalue weighted by atomic mass is 9.94. The van der Waals surface area contributed by atoms with E-state index in [1.807, 2.05) is 24.0 Å². The van der Waals surface area contributed by atoms with Crippen LogP contribution in [0.15, 0.2) is 83.0 Å². The standard InChI is InChI=1S/C28H25FN4OS/c1-4-19-7-5-10-23(15-19)33-18(3)24(25(30-28(33)35)20-13-11-17(2)12-14-20)27-31-26(32-34-27)21-8-6-9-22(29)16-21/h5-16,25H,4H2,1-3H3,(H,30,35). The van der Waals surface area contributed by atoms with Crippen LogP contribution in [0.2, 0.25) is 0 Å². The molecule has 1 aromatic heterocycles. The van der Waals surface area contributed by atoms with Gasteiger partial charge in [0.2, 0.25) is 5.82 Å². The fraction of sp³-hybridized carbons (Fsp3) is 0.179. The number of rotatable bonds is 5. The lowest BCUT2D eigenvalue weighted by Gasteiger charge is -2.37. The number of hydrogen-bond acceptors (Lipinski definition) is 4. The van der Waals surface area contributed by atoms with E-state index < -0.39 is 0 Å². The van der Waals surface area contributed by atoms with E-state index in [0.29, 0.717) is 22.4 Å². The molecule has 3 aromatic carbocycles. The van der Waals surface area contributed by atoms with Crippen molar-refractivity contribution in [1.29, 1.82) is 0 Å². The van der Waals surface area contributed by atoms with Gasteiger partial charge in [0.25, 0.3) is 5.89 Å². The van der Waals surface area contributed by atoms with Gasteiger partial charge in [0.1, 0.15) is 5.82 Å². The monoisotopic (exact) mass is 484 g/mol. The van der Waals surface area contributed by atoms with E-state index >= 15 is 0 Å². The maximum atomic E-state index is 13.8. The van der Waals surface area contributed by atoms with Crippen LogP contribution in [0.4, 0.5) is 10.1 Å². The fourth-order valence-electron chi connectivity index (χ4n) is 4.33. The Morgan fingerprint density at radius 1 is 1.03 bits per heavy atom. The van der Waals surface area contributed by atoms with Gasteiger partial charge in [0.05, 0.1) is 11.6 Å². The summed E-state index contributed by atoms with van der Waals surface area (Å²) in [6.07, 6.45) is 0.921. The highest BCUT2D eigenvalue weighted by atomic mass is 32.1. The summed E-state index contributed by atoms with van der Waals surface area (Å²) in [6.45, 7) is 6.19. The fourth-order valence-corrected chi connectivity index (χ4v) is 4.69. The molecule has 5 nitrogen and oxygen atoms in total. The molecule has 1 unspecified atom stereocenters. The predicted octanol–water partition coefficient (Wildman–Crippen LogP) is 6.61. The summed E-state index contributed by atoms with van der Waals surface area (Å²) in [5.41, 5.74) is 6.63. The van der Waals surface area contributed by atoms with Crippen LogP contribution in [0.1, 0.15) is 42.5 Å². The van der Waals surface area contributed by atoms with Crippen LogP contribution in [-0.4, -0.2) is 15.3 Å². The van der Waals surface area contributed by atoms with Crippen molar-refractivity contribution in [3.63, 3.8) is 0 Å². The van der Waals surface area contributed by atoms with Crippen LogP contribution in [0.3, 0.4) is 0 Å². The van der Waals surface area contributed by atoms with Crippen molar-refractivity contribution in [3.05, 3.63) is 107 Å². The first-order chi connectivity index (χ1) is 16.9. The zero-order valence-corrected chi connectivity index (χ0v) is 20.6. The zero-order chi connectivity index (χ0) is 24.5. The van der Waals surface area contributed by atoms with Gasteiger partial charge >= 0.3 is 0 Å². The van der Waals surface area contributed by atoms with E-state index in [-0.39, 0.29) is 11.9 Å². The number of nitrogens with zero attached hydrogens (tertiary/aromatic N) is 3. The molecule has 1 atom stereocenters. The highest BCUT2D eigenvalue weighted by molar-refractivity contribution is 7.80. The largest absolute Gasteiger partial charge is 0.351 e. The molecule has 0 fully saturated rings. The molecule has 0 bridgehead atoms. The van der Waals surface area contributed by atoms with E-state index in [9.17, 15) is 4.39 Å². The molecular formula is C28H25FN4OS. The normalized spacial score (nSPS) is 15.9. The third-order valence-electron chi connectivity index (χ3n) is 6.21. The molecule has 35 heavy (non-hydrogen) atoms. The second kappa shape index (κ2) is 9.43. The van der Waals surface area contributed by atoms with Crippen LogP contribution in [-0.2, 0) is 6.42 Å². The Balaban J connectivity index is 1.66. The zero-order valence-electron chi connectivity index (χ0n) is 19.7. The van der Waals surface area contributed by atoms with E-state index in [0.717, 1.165) is 28.9 Å². The van der Waals surface area contributed by atoms with Crippen molar-refractivity contribution in [2.24, 2.45) is 0 Å². The van der Waals surface area contributed by atoms with Crippen LogP contribution >= 0.6 is 12.2 Å². The number of benzene rings is 3. The summed E-state index contributed by atoms with van der Waals surface area (Å²) in [5.74, 6) is 0.336. The number of halogens is 1. The Kier molecular flexibility index (Phi) is 6.17. The number of aryl methyl sites for hydroxylation is 2. The van der Waals surface area contributed by atoms with E-state index in [4.69, 9.17) is 16.7 Å². The average molecular weight is 485 g/mol. The summed E-state index contributed by atoms with van der Waals surface area (Å²) >= 11 is 5.84. The molecule has 0 aliphatic carbocycles. The number of nitrogens with one attached hydrogen (secondary N) is 1. The summed E-state index contributed by atoms with van der Waals surface area (Å²) in [4.78, 5) is 6.66. The smallest absolute Gasteiger partial charge is 0.258 e. The second-order valence-electron chi connectivity index (χ2n) is 8.58. The minimum Gasteiger partial charge on any atom is -0.351 e. The van der Waals surface area contributed by atoms with Gasteiger partial charge in [-0.25, -0.2) is 4.39 Å². The molecule has 1 aliphatic rings. The number of aromatic nitrogens is 2. The molecule has 7 heteroatoms. The Morgan fingerprint density at radius 3 is 2.54 bits per heavy atom. The van der Waals surface area contributed by atoms with Crippen LogP contribution in [0.5, 0.6) is 0 Å². The highest BCUT2D eigenvalue weighted by Crippen LogP contribution is 2.39. The minimum absolute atomic E-state index is 0.283. The summed E-state index contributed by atoms with van der Waals surface area (Å²) in [6, 6.07) is 22.5. The maximum Gasteiger partial charge on any atom is 0.258 e. The molecule has 1 aliphatic heterocycles. The molecule has 0 saturated carbocycles. The molecule has 0 saturated heterocycles. The van der Waals surface area contributed by atoms with Crippen molar-refractivity contribution in [1.82, 2.24) is 15.5 Å². The quantitative estimate of drug-likeness (QED) is 0.322. The highest BCUT2D eigenvalue weighted by Gasteiger charge is 2.34. The van der Waals surface area contributed by atoms with Gasteiger partial charge in [-0.1, -0.05) is 66.2 Å². The SMILES string of the molecule is CCc1cccc(N2C(=S)NC(c3ccc(C)cc3)C(c3nc(-c4cccc(F)c4)no3)=C2C)c1. The number of thiocarbonyl (C=S) groups is 1. The van der Waals surface area contributed by atoms with E-state index in [2.05, 4.69) is 65.7 Å². The molecule has 176 valence electrons. The van der Waals surface area contributed by atoms with E-state index in [1.165, 1.54) is 23.3 Å². The third-order valence-corrected chi connectivity index (χ3v) is 6.51. The van der Waals surface area contributed by atoms with Crippen LogP contribution < -0.4 is 10.2 Å². The molecule has 5 rings (SSSR count). The van der Waals surface area contributed by atoms with Gasteiger partial charge in [-0.15, -0.1) is 0 Å². The number of hydrogen-bond donors (Lipinski definition) is 1. The summed E-state index contributed by atoms with van der Waals surface area (Å²) in [5, 5.41) is 8.24. The molecule has 4 aromatic rings. The third kappa shape index (κ3) is 4.47. The molecule has 2 heterocycles. The minimum atomic E-state index is -0.353. The first-order valence-corrected chi connectivity index (χ1v) is 11.9. The number of allylic oxidation sites excluding steroid dienone is 1. The lowest BCUT2D eigenvalue weighted by Crippen LogP contribution is -2.46. The first kappa shape index (κ1) is 22.9. The van der Waals surface area contributed by atoms with Crippen molar-refractivity contribution in [3.8, 4) is 11.4 Å². The van der Waals surface area contributed by atoms with E-state index in [1.54, 1.807) is 12.1 Å². The van der Waals surface area contributed by atoms with Crippen LogP contribution in [0, 0.1) is 12.7 Å².